The van der Waals surface area contributed by atoms with Gasteiger partial charge < -0.3 is 15.6 Å². The summed E-state index contributed by atoms with van der Waals surface area (Å²) in [5.74, 6) is 0.0985. The molecule has 1 atom stereocenters. The van der Waals surface area contributed by atoms with Gasteiger partial charge in [-0.15, -0.1) is 0 Å². The number of halogens is 1. The summed E-state index contributed by atoms with van der Waals surface area (Å²) in [5, 5.41) is 10.4. The van der Waals surface area contributed by atoms with Crippen LogP contribution in [0.15, 0.2) is 18.2 Å². The molecule has 0 aliphatic heterocycles. The summed E-state index contributed by atoms with van der Waals surface area (Å²) in [4.78, 5) is 10.6. The summed E-state index contributed by atoms with van der Waals surface area (Å²) in [7, 11) is 1.51. The second kappa shape index (κ2) is 5.72. The first kappa shape index (κ1) is 12.8. The lowest BCUT2D eigenvalue weighted by Gasteiger charge is -2.14. The number of hydrogen-bond donors (Lipinski definition) is 2. The van der Waals surface area contributed by atoms with Gasteiger partial charge in [-0.3, -0.25) is 4.79 Å². The summed E-state index contributed by atoms with van der Waals surface area (Å²) in [6, 6.07) is 4.96. The Hall–Kier alpha value is -1.26. The van der Waals surface area contributed by atoms with Crippen LogP contribution >= 0.6 is 11.6 Å². The Bertz CT molecular complexity index is 381. The normalized spacial score (nSPS) is 12.2. The third kappa shape index (κ3) is 3.40. The predicted octanol–water partition coefficient (Wildman–Crippen LogP) is 1.65. The average molecular weight is 244 g/mol. The molecule has 0 aliphatic carbocycles. The van der Waals surface area contributed by atoms with Gasteiger partial charge >= 0.3 is 0 Å². The van der Waals surface area contributed by atoms with E-state index in [0.717, 1.165) is 0 Å². The minimum Gasteiger partial charge on any atom is -0.496 e. The molecule has 1 amide bonds. The van der Waals surface area contributed by atoms with E-state index in [4.69, 9.17) is 22.1 Å². The molecule has 1 aromatic carbocycles. The largest absolute Gasteiger partial charge is 0.496 e. The molecular weight excluding hydrogens is 230 g/mol. The fraction of sp³-hybridized carbons (Fsp3) is 0.364. The molecule has 0 aliphatic rings. The van der Waals surface area contributed by atoms with Crippen LogP contribution in [0.3, 0.4) is 0 Å². The minimum atomic E-state index is -0.804. The van der Waals surface area contributed by atoms with Crippen LogP contribution in [0.2, 0.25) is 5.02 Å². The zero-order chi connectivity index (χ0) is 12.1. The number of aliphatic hydroxyl groups is 1. The van der Waals surface area contributed by atoms with E-state index < -0.39 is 12.0 Å². The van der Waals surface area contributed by atoms with Gasteiger partial charge in [-0.1, -0.05) is 11.6 Å². The van der Waals surface area contributed by atoms with Gasteiger partial charge in [0.1, 0.15) is 5.75 Å². The van der Waals surface area contributed by atoms with E-state index in [9.17, 15) is 9.90 Å². The summed E-state index contributed by atoms with van der Waals surface area (Å²) in [6.45, 7) is 0. The lowest BCUT2D eigenvalue weighted by atomic mass is 10.0. The van der Waals surface area contributed by atoms with Crippen molar-refractivity contribution in [3.8, 4) is 5.75 Å². The molecule has 16 heavy (non-hydrogen) atoms. The first-order valence-electron chi connectivity index (χ1n) is 4.84. The minimum absolute atomic E-state index is 0.122. The highest BCUT2D eigenvalue weighted by Gasteiger charge is 2.14. The van der Waals surface area contributed by atoms with Crippen molar-refractivity contribution in [2.75, 3.05) is 7.11 Å². The molecule has 1 rings (SSSR count). The van der Waals surface area contributed by atoms with E-state index in [1.807, 2.05) is 0 Å². The van der Waals surface area contributed by atoms with Crippen molar-refractivity contribution in [1.82, 2.24) is 0 Å². The van der Waals surface area contributed by atoms with E-state index in [-0.39, 0.29) is 12.8 Å². The second-order valence-corrected chi connectivity index (χ2v) is 3.84. The summed E-state index contributed by atoms with van der Waals surface area (Å²) >= 11 is 5.82. The van der Waals surface area contributed by atoms with E-state index >= 15 is 0 Å². The quantitative estimate of drug-likeness (QED) is 0.826. The number of aliphatic hydroxyl groups excluding tert-OH is 1. The van der Waals surface area contributed by atoms with Crippen LogP contribution < -0.4 is 10.5 Å². The van der Waals surface area contributed by atoms with Gasteiger partial charge in [0.2, 0.25) is 5.91 Å². The van der Waals surface area contributed by atoms with Crippen molar-refractivity contribution in [1.29, 1.82) is 0 Å². The third-order valence-electron chi connectivity index (χ3n) is 2.21. The van der Waals surface area contributed by atoms with Crippen LogP contribution in [0.4, 0.5) is 0 Å². The summed E-state index contributed by atoms with van der Waals surface area (Å²) in [6.07, 6.45) is -0.427. The van der Waals surface area contributed by atoms with Crippen molar-refractivity contribution in [2.45, 2.75) is 18.9 Å². The van der Waals surface area contributed by atoms with Gasteiger partial charge in [0.15, 0.2) is 0 Å². The third-order valence-corrected chi connectivity index (χ3v) is 2.45. The molecule has 0 fully saturated rings. The Morgan fingerprint density at radius 3 is 2.88 bits per heavy atom. The topological polar surface area (TPSA) is 72.6 Å². The molecular formula is C11H14ClNO3. The van der Waals surface area contributed by atoms with Crippen molar-refractivity contribution in [3.05, 3.63) is 28.8 Å². The first-order chi connectivity index (χ1) is 7.54. The molecule has 88 valence electrons. The number of benzene rings is 1. The van der Waals surface area contributed by atoms with Crippen molar-refractivity contribution in [3.63, 3.8) is 0 Å². The van der Waals surface area contributed by atoms with Gasteiger partial charge in [0.25, 0.3) is 0 Å². The monoisotopic (exact) mass is 243 g/mol. The van der Waals surface area contributed by atoms with Crippen molar-refractivity contribution in [2.24, 2.45) is 5.73 Å². The number of nitrogens with two attached hydrogens (primary N) is 1. The number of amides is 1. The number of methoxy groups -OCH3 is 1. The second-order valence-electron chi connectivity index (χ2n) is 3.41. The van der Waals surface area contributed by atoms with Crippen molar-refractivity contribution < 1.29 is 14.6 Å². The smallest absolute Gasteiger partial charge is 0.217 e. The zero-order valence-electron chi connectivity index (χ0n) is 8.94. The zero-order valence-corrected chi connectivity index (χ0v) is 9.70. The number of carbonyl (C=O) groups is 1. The van der Waals surface area contributed by atoms with Crippen LogP contribution in [-0.4, -0.2) is 18.1 Å². The van der Waals surface area contributed by atoms with Gasteiger partial charge in [0.05, 0.1) is 13.2 Å². The highest BCUT2D eigenvalue weighted by Crippen LogP contribution is 2.30. The molecule has 3 N–H and O–H groups in total. The van der Waals surface area contributed by atoms with Gasteiger partial charge in [-0.2, -0.15) is 0 Å². The highest BCUT2D eigenvalue weighted by molar-refractivity contribution is 6.30. The predicted molar refractivity (Wildman–Crippen MR) is 61.4 cm³/mol. The van der Waals surface area contributed by atoms with E-state index in [2.05, 4.69) is 0 Å². The number of primary amides is 1. The fourth-order valence-electron chi connectivity index (χ4n) is 1.40. The maximum absolute atomic E-state index is 10.6. The standard InChI is InChI=1S/C11H14ClNO3/c1-16-10-4-2-7(12)6-8(10)9(14)3-5-11(13)15/h2,4,6,9,14H,3,5H2,1H3,(H2,13,15). The van der Waals surface area contributed by atoms with Crippen LogP contribution in [0.5, 0.6) is 5.75 Å². The van der Waals surface area contributed by atoms with Crippen LogP contribution in [0.25, 0.3) is 0 Å². The Morgan fingerprint density at radius 2 is 2.31 bits per heavy atom. The molecule has 0 saturated carbocycles. The van der Waals surface area contributed by atoms with Gasteiger partial charge in [-0.25, -0.2) is 0 Å². The average Bonchev–Trinajstić information content (AvgIpc) is 2.25. The van der Waals surface area contributed by atoms with Gasteiger partial charge in [-0.05, 0) is 24.6 Å². The van der Waals surface area contributed by atoms with Gasteiger partial charge in [0, 0.05) is 17.0 Å². The fourth-order valence-corrected chi connectivity index (χ4v) is 1.58. The summed E-state index contributed by atoms with van der Waals surface area (Å²) in [5.41, 5.74) is 5.58. The molecule has 1 unspecified atom stereocenters. The molecule has 0 heterocycles. The molecule has 0 radical (unpaired) electrons. The van der Waals surface area contributed by atoms with Crippen molar-refractivity contribution >= 4 is 17.5 Å². The van der Waals surface area contributed by atoms with E-state index in [0.29, 0.717) is 16.3 Å². The maximum Gasteiger partial charge on any atom is 0.217 e. The Balaban J connectivity index is 2.84. The molecule has 5 heteroatoms. The number of rotatable bonds is 5. The SMILES string of the molecule is COc1ccc(Cl)cc1C(O)CCC(N)=O. The molecule has 1 aromatic rings. The Labute approximate surface area is 99.0 Å². The molecule has 4 nitrogen and oxygen atoms in total. The lowest BCUT2D eigenvalue weighted by molar-refractivity contribution is -0.118. The molecule has 0 bridgehead atoms. The van der Waals surface area contributed by atoms with Crippen LogP contribution in [0.1, 0.15) is 24.5 Å². The Morgan fingerprint density at radius 1 is 1.62 bits per heavy atom. The van der Waals surface area contributed by atoms with Crippen LogP contribution in [0, 0.1) is 0 Å². The number of ether oxygens (including phenoxy) is 1. The van der Waals surface area contributed by atoms with E-state index in [1.165, 1.54) is 7.11 Å². The maximum atomic E-state index is 10.6. The first-order valence-corrected chi connectivity index (χ1v) is 5.22. The molecule has 0 spiro atoms. The highest BCUT2D eigenvalue weighted by atomic mass is 35.5. The summed E-state index contributed by atoms with van der Waals surface area (Å²) < 4.78 is 5.09. The van der Waals surface area contributed by atoms with Crippen LogP contribution in [-0.2, 0) is 4.79 Å². The number of hydrogen-bond acceptors (Lipinski definition) is 3. The molecule has 0 saturated heterocycles. The van der Waals surface area contributed by atoms with E-state index in [1.54, 1.807) is 18.2 Å². The Kier molecular flexibility index (Phi) is 4.58. The molecule has 0 aromatic heterocycles. The number of carbonyl (C=O) groups excluding carboxylic acids is 1. The lowest BCUT2D eigenvalue weighted by Crippen LogP contribution is -2.12.